The molecule has 0 radical (unpaired) electrons. The van der Waals surface area contributed by atoms with Gasteiger partial charge in [0.2, 0.25) is 0 Å². The van der Waals surface area contributed by atoms with E-state index < -0.39 is 108 Å². The average Bonchev–Trinajstić information content (AvgIpc) is 2.18. The molecule has 0 N–H and O–H groups in total. The van der Waals surface area contributed by atoms with E-state index in [-0.39, 0.29) is 28.8 Å². The smallest absolute Gasteiger partial charge is 0.336 e. The lowest BCUT2D eigenvalue weighted by molar-refractivity contribution is 0.589. The molecule has 0 atom stereocenters. The van der Waals surface area contributed by atoms with Crippen LogP contribution in [0.4, 0.5) is 28.6 Å². The zero-order chi connectivity index (χ0) is 59.2. The van der Waals surface area contributed by atoms with Gasteiger partial charge in [-0.15, -0.1) is 0 Å². The minimum atomic E-state index is -0.662. The SMILES string of the molecule is [2H]c1c([2H])c([2H])c(-c2ccc3oc4c(c3c2)-c2cc(C(C)(C)C)cc3c2B(c2cc(C(C)(C)C)cc5c6cc(N(c7c([2H])c([2H])c([2H])c([2H])c7[2H])c7c([2H])c([2H])c([2H])c([2H])c7[2H])ccc6n-3c25)N4c2ccc(C(C)(C)C)cc2)c([2H])c1[2H]. The van der Waals surface area contributed by atoms with Gasteiger partial charge >= 0.3 is 6.85 Å². The van der Waals surface area contributed by atoms with Gasteiger partial charge in [0.25, 0.3) is 0 Å². The van der Waals surface area contributed by atoms with E-state index in [4.69, 9.17) is 19.5 Å². The molecule has 2 aromatic heterocycles. The van der Waals surface area contributed by atoms with E-state index in [2.05, 4.69) is 120 Å². The van der Waals surface area contributed by atoms with Crippen molar-refractivity contribution < 1.29 is 25.0 Å². The predicted molar refractivity (Wildman–Crippen MR) is 286 cm³/mol. The van der Waals surface area contributed by atoms with Crippen molar-refractivity contribution in [2.45, 2.75) is 78.6 Å². The van der Waals surface area contributed by atoms with Crippen LogP contribution in [0.5, 0.6) is 0 Å². The monoisotopic (exact) mass is 885 g/mol. The fourth-order valence-electron chi connectivity index (χ4n) is 10.0. The fourth-order valence-corrected chi connectivity index (χ4v) is 10.0. The lowest BCUT2D eigenvalue weighted by atomic mass is 9.43. The van der Waals surface area contributed by atoms with Crippen molar-refractivity contribution in [2.24, 2.45) is 0 Å². The first-order chi connectivity index (χ1) is 38.3. The predicted octanol–water partition coefficient (Wildman–Crippen LogP) is 15.8. The molecule has 0 aliphatic carbocycles. The van der Waals surface area contributed by atoms with Gasteiger partial charge in [-0.05, 0) is 139 Å². The second-order valence-electron chi connectivity index (χ2n) is 20.8. The highest BCUT2D eigenvalue weighted by Gasteiger charge is 2.47. The van der Waals surface area contributed by atoms with Gasteiger partial charge in [0.1, 0.15) is 5.58 Å². The van der Waals surface area contributed by atoms with Crippen LogP contribution >= 0.6 is 0 Å². The van der Waals surface area contributed by atoms with Crippen molar-refractivity contribution in [1.82, 2.24) is 4.57 Å². The minimum absolute atomic E-state index is 0.0672. The number of rotatable bonds is 5. The van der Waals surface area contributed by atoms with Crippen LogP contribution in [0.3, 0.4) is 0 Å². The Labute approximate surface area is 416 Å². The summed E-state index contributed by atoms with van der Waals surface area (Å²) in [5, 5.41) is 2.14. The van der Waals surface area contributed by atoms with Crippen LogP contribution in [-0.2, 0) is 16.2 Å². The van der Waals surface area contributed by atoms with Gasteiger partial charge in [-0.1, -0.05) is 159 Å². The molecule has 67 heavy (non-hydrogen) atoms. The molecule has 0 saturated heterocycles. The Balaban J connectivity index is 1.23. The zero-order valence-corrected chi connectivity index (χ0v) is 38.9. The van der Waals surface area contributed by atoms with Crippen molar-refractivity contribution in [1.29, 1.82) is 0 Å². The van der Waals surface area contributed by atoms with Crippen LogP contribution in [-0.4, -0.2) is 11.4 Å². The first kappa shape index (κ1) is 28.1. The molecule has 0 saturated carbocycles. The van der Waals surface area contributed by atoms with E-state index in [1.165, 1.54) is 4.90 Å². The van der Waals surface area contributed by atoms with E-state index in [0.29, 0.717) is 27.8 Å². The van der Waals surface area contributed by atoms with Gasteiger partial charge in [0.05, 0.1) is 37.2 Å². The molecule has 10 aromatic rings. The lowest BCUT2D eigenvalue weighted by Gasteiger charge is -2.41. The molecule has 4 heterocycles. The van der Waals surface area contributed by atoms with Crippen LogP contribution in [0.25, 0.3) is 60.7 Å². The first-order valence-corrected chi connectivity index (χ1v) is 22.6. The normalized spacial score (nSPS) is 16.5. The number of hydrogen-bond acceptors (Lipinski definition) is 3. The fraction of sp³-hybridized carbons (Fsp3) is 0.194. The third-order valence-electron chi connectivity index (χ3n) is 13.5. The summed E-state index contributed by atoms with van der Waals surface area (Å²) in [4.78, 5) is 3.43. The Morgan fingerprint density at radius 1 is 0.522 bits per heavy atom. The van der Waals surface area contributed by atoms with E-state index >= 15 is 0 Å². The van der Waals surface area contributed by atoms with Gasteiger partial charge in [-0.25, -0.2) is 0 Å². The van der Waals surface area contributed by atoms with Crippen LogP contribution in [0.15, 0.2) is 180 Å². The lowest BCUT2D eigenvalue weighted by Crippen LogP contribution is -2.60. The summed E-state index contributed by atoms with van der Waals surface area (Å²) in [5.74, 6) is 0.542. The second-order valence-corrected chi connectivity index (χ2v) is 20.8. The zero-order valence-electron chi connectivity index (χ0n) is 53.9. The van der Waals surface area contributed by atoms with Gasteiger partial charge in [-0.2, -0.15) is 0 Å². The second kappa shape index (κ2) is 14.6. The summed E-state index contributed by atoms with van der Waals surface area (Å²) < 4.78 is 142. The molecule has 2 aliphatic heterocycles. The van der Waals surface area contributed by atoms with E-state index in [1.54, 1.807) is 24.3 Å². The van der Waals surface area contributed by atoms with Crippen LogP contribution in [0, 0.1) is 0 Å². The number of furan rings is 1. The number of anilines is 5. The number of para-hydroxylation sites is 2. The highest BCUT2D eigenvalue weighted by Crippen LogP contribution is 2.51. The van der Waals surface area contributed by atoms with Crippen LogP contribution in [0.1, 0.15) is 99.6 Å². The van der Waals surface area contributed by atoms with Crippen LogP contribution < -0.4 is 20.6 Å². The highest BCUT2D eigenvalue weighted by atomic mass is 16.4. The van der Waals surface area contributed by atoms with Crippen molar-refractivity contribution in [3.63, 3.8) is 0 Å². The average molecular weight is 885 g/mol. The van der Waals surface area contributed by atoms with Gasteiger partial charge < -0.3 is 18.7 Å². The molecule has 0 unspecified atom stereocenters. The molecule has 0 fully saturated rings. The van der Waals surface area contributed by atoms with Crippen molar-refractivity contribution in [2.75, 3.05) is 9.71 Å². The molecule has 12 rings (SSSR count). The summed E-state index contributed by atoms with van der Waals surface area (Å²) in [6, 6.07) is 19.6. The highest BCUT2D eigenvalue weighted by molar-refractivity contribution is 6.93. The maximum atomic E-state index is 9.24. The summed E-state index contributed by atoms with van der Waals surface area (Å²) in [6.07, 6.45) is 0. The quantitative estimate of drug-likeness (QED) is 0.161. The first-order valence-electron chi connectivity index (χ1n) is 30.1. The Hall–Kier alpha value is -7.24. The van der Waals surface area contributed by atoms with E-state index in [0.717, 1.165) is 66.5 Å². The summed E-state index contributed by atoms with van der Waals surface area (Å²) in [7, 11) is 0. The molecular formula is C62H56BN3O. The maximum Gasteiger partial charge on any atom is 0.336 e. The Bertz CT molecular complexity index is 4330. The Morgan fingerprint density at radius 3 is 1.76 bits per heavy atom. The molecule has 0 bridgehead atoms. The molecule has 8 aromatic carbocycles. The minimum Gasteiger partial charge on any atom is -0.441 e. The van der Waals surface area contributed by atoms with Gasteiger partial charge in [-0.3, -0.25) is 0 Å². The largest absolute Gasteiger partial charge is 0.441 e. The van der Waals surface area contributed by atoms with Crippen molar-refractivity contribution in [3.05, 3.63) is 192 Å². The number of fused-ring (bicyclic) bond motifs is 9. The van der Waals surface area contributed by atoms with E-state index in [1.807, 2.05) is 12.1 Å². The third kappa shape index (κ3) is 6.49. The number of aromatic nitrogens is 1. The van der Waals surface area contributed by atoms with Crippen molar-refractivity contribution >= 4 is 79.2 Å². The molecule has 2 aliphatic rings. The molecule has 0 amide bonds. The van der Waals surface area contributed by atoms with Gasteiger partial charge in [0, 0.05) is 44.6 Å². The summed E-state index contributed by atoms with van der Waals surface area (Å²) in [5.41, 5.74) is 9.19. The molecule has 0 spiro atoms. The molecule has 328 valence electrons. The standard InChI is InChI=1S/C62H56BN3O/c1-60(2,3)41-26-28-46(29-27-41)66-59-56(50-33-40(25-32-55(50)67-59)39-19-13-10-14-20-39)51-35-43(62(7,8)9)37-54-57(51)63(66)52-36-42(61(4,5)6)34-49-48-38-47(30-31-53(48)65(54)58(49)52)64(44-21-15-11-16-22-44)45-23-17-12-18-24-45/h10-38H,1-9H3/i10D,11D,12D,13D,14D,15D,16D,17D,18D,19D,20D,21D,22D,23D,24D. The molecular weight excluding hydrogens is 814 g/mol. The maximum absolute atomic E-state index is 9.24. The third-order valence-corrected chi connectivity index (χ3v) is 13.5. The Morgan fingerprint density at radius 2 is 1.13 bits per heavy atom. The summed E-state index contributed by atoms with van der Waals surface area (Å²) in [6.45, 7) is 18.8. The summed E-state index contributed by atoms with van der Waals surface area (Å²) >= 11 is 0. The topological polar surface area (TPSA) is 24.6 Å². The number of nitrogens with zero attached hydrogens (tertiary/aromatic N) is 3. The van der Waals surface area contributed by atoms with Crippen LogP contribution in [0.2, 0.25) is 0 Å². The van der Waals surface area contributed by atoms with Gasteiger partial charge in [0.15, 0.2) is 5.88 Å². The van der Waals surface area contributed by atoms with Crippen molar-refractivity contribution in [3.8, 4) is 27.9 Å². The van der Waals surface area contributed by atoms with E-state index in [9.17, 15) is 5.48 Å². The molecule has 5 heteroatoms. The Kier molecular flexibility index (Phi) is 6.13. The molecule has 4 nitrogen and oxygen atoms in total. The number of benzene rings is 8. The number of hydrogen-bond donors (Lipinski definition) is 0.